The molecule has 2 aromatic rings. The molecule has 2 heterocycles. The van der Waals surface area contributed by atoms with E-state index in [2.05, 4.69) is 16.5 Å². The Morgan fingerprint density at radius 1 is 1.48 bits per heavy atom. The highest BCUT2D eigenvalue weighted by Gasteiger charge is 2.30. The van der Waals surface area contributed by atoms with Gasteiger partial charge in [-0.05, 0) is 30.0 Å². The highest BCUT2D eigenvalue weighted by atomic mass is 16.6. The van der Waals surface area contributed by atoms with E-state index in [0.717, 1.165) is 13.0 Å². The average molecular weight is 316 g/mol. The van der Waals surface area contributed by atoms with Crippen LogP contribution in [0.3, 0.4) is 0 Å². The highest BCUT2D eigenvalue weighted by molar-refractivity contribution is 5.64. The van der Waals surface area contributed by atoms with E-state index in [1.165, 1.54) is 6.07 Å². The van der Waals surface area contributed by atoms with Crippen molar-refractivity contribution in [1.29, 1.82) is 0 Å². The van der Waals surface area contributed by atoms with E-state index in [1.807, 2.05) is 11.1 Å². The molecule has 1 fully saturated rings. The van der Waals surface area contributed by atoms with Gasteiger partial charge >= 0.3 is 0 Å². The van der Waals surface area contributed by atoms with Crippen LogP contribution in [-0.4, -0.2) is 32.7 Å². The molecule has 2 unspecified atom stereocenters. The number of hydrogen-bond acceptors (Lipinski definition) is 5. The summed E-state index contributed by atoms with van der Waals surface area (Å²) in [6, 6.07) is 5.02. The number of hydrogen-bond donors (Lipinski definition) is 1. The smallest absolute Gasteiger partial charge is 0.292 e. The van der Waals surface area contributed by atoms with Crippen molar-refractivity contribution in [2.75, 3.05) is 18.0 Å². The molecule has 0 spiro atoms. The number of anilines is 1. The Morgan fingerprint density at radius 3 is 2.96 bits per heavy atom. The Bertz CT molecular complexity index is 687. The van der Waals surface area contributed by atoms with Crippen molar-refractivity contribution in [3.8, 4) is 0 Å². The molecule has 1 aromatic heterocycles. The molecule has 7 nitrogen and oxygen atoms in total. The molecule has 0 radical (unpaired) electrons. The van der Waals surface area contributed by atoms with Gasteiger partial charge in [0.15, 0.2) is 0 Å². The van der Waals surface area contributed by atoms with E-state index >= 15 is 0 Å². The summed E-state index contributed by atoms with van der Waals surface area (Å²) in [6.07, 6.45) is 6.43. The van der Waals surface area contributed by atoms with Crippen molar-refractivity contribution < 1.29 is 10.0 Å². The minimum absolute atomic E-state index is 0.0844. The number of benzene rings is 1. The van der Waals surface area contributed by atoms with Crippen LogP contribution in [0.2, 0.25) is 0 Å². The molecule has 122 valence electrons. The second-order valence-corrected chi connectivity index (χ2v) is 6.03. The first-order valence-corrected chi connectivity index (χ1v) is 7.70. The van der Waals surface area contributed by atoms with E-state index in [-0.39, 0.29) is 23.3 Å². The summed E-state index contributed by atoms with van der Waals surface area (Å²) >= 11 is 0. The van der Waals surface area contributed by atoms with Gasteiger partial charge in [-0.3, -0.25) is 10.1 Å². The lowest BCUT2D eigenvalue weighted by Crippen LogP contribution is -2.40. The standard InChI is InChI=1S/C16H20N4O3/c1-12-4-6-18(9-16(12)19-7-5-17-11-19)15-8-13(10-21)2-3-14(15)20(22)23/h2-3,5,7-8,11-12,16,21H,4,6,9-10H2,1H3. The first kappa shape index (κ1) is 15.5. The van der Waals surface area contributed by atoms with Gasteiger partial charge in [0, 0.05) is 31.5 Å². The van der Waals surface area contributed by atoms with Gasteiger partial charge in [-0.25, -0.2) is 4.98 Å². The van der Waals surface area contributed by atoms with Crippen LogP contribution in [0.4, 0.5) is 11.4 Å². The van der Waals surface area contributed by atoms with E-state index in [1.54, 1.807) is 24.7 Å². The largest absolute Gasteiger partial charge is 0.392 e. The maximum atomic E-state index is 11.3. The van der Waals surface area contributed by atoms with Gasteiger partial charge in [0.1, 0.15) is 5.69 Å². The lowest BCUT2D eigenvalue weighted by molar-refractivity contribution is -0.384. The van der Waals surface area contributed by atoms with Gasteiger partial charge < -0.3 is 14.6 Å². The average Bonchev–Trinajstić information content (AvgIpc) is 3.09. The second-order valence-electron chi connectivity index (χ2n) is 6.03. The third-order valence-electron chi connectivity index (χ3n) is 4.59. The fraction of sp³-hybridized carbons (Fsp3) is 0.438. The quantitative estimate of drug-likeness (QED) is 0.691. The Kier molecular flexibility index (Phi) is 4.29. The monoisotopic (exact) mass is 316 g/mol. The van der Waals surface area contributed by atoms with Crippen LogP contribution < -0.4 is 4.90 Å². The van der Waals surface area contributed by atoms with Crippen LogP contribution in [-0.2, 0) is 6.61 Å². The van der Waals surface area contributed by atoms with Gasteiger partial charge in [0.2, 0.25) is 0 Å². The lowest BCUT2D eigenvalue weighted by Gasteiger charge is -2.38. The summed E-state index contributed by atoms with van der Waals surface area (Å²) < 4.78 is 2.07. The van der Waals surface area contributed by atoms with Crippen LogP contribution in [0.15, 0.2) is 36.9 Å². The zero-order chi connectivity index (χ0) is 16.4. The van der Waals surface area contributed by atoms with Crippen molar-refractivity contribution in [2.45, 2.75) is 26.0 Å². The minimum atomic E-state index is -0.360. The summed E-state index contributed by atoms with van der Waals surface area (Å²) in [4.78, 5) is 17.1. The number of aliphatic hydroxyl groups is 1. The maximum absolute atomic E-state index is 11.3. The van der Waals surface area contributed by atoms with Gasteiger partial charge in [-0.1, -0.05) is 6.92 Å². The molecule has 3 rings (SSSR count). The van der Waals surface area contributed by atoms with Gasteiger partial charge in [0.05, 0.1) is 23.9 Å². The predicted octanol–water partition coefficient (Wildman–Crippen LogP) is 2.37. The SMILES string of the molecule is CC1CCN(c2cc(CO)ccc2[N+](=O)[O-])CC1n1ccnc1. The summed E-state index contributed by atoms with van der Waals surface area (Å²) in [5.74, 6) is 0.473. The molecule has 1 aromatic carbocycles. The summed E-state index contributed by atoms with van der Waals surface area (Å²) in [6.45, 7) is 3.52. The first-order valence-electron chi connectivity index (χ1n) is 7.70. The number of aromatic nitrogens is 2. The highest BCUT2D eigenvalue weighted by Crippen LogP contribution is 2.35. The molecule has 0 amide bonds. The Labute approximate surface area is 134 Å². The van der Waals surface area contributed by atoms with E-state index < -0.39 is 0 Å². The van der Waals surface area contributed by atoms with Crippen molar-refractivity contribution in [2.24, 2.45) is 5.92 Å². The third-order valence-corrected chi connectivity index (χ3v) is 4.59. The Balaban J connectivity index is 1.93. The number of piperidine rings is 1. The van der Waals surface area contributed by atoms with Gasteiger partial charge in [-0.15, -0.1) is 0 Å². The topological polar surface area (TPSA) is 84.4 Å². The number of imidazole rings is 1. The lowest BCUT2D eigenvalue weighted by atomic mass is 9.92. The number of rotatable bonds is 4. The zero-order valence-electron chi connectivity index (χ0n) is 13.0. The molecule has 2 atom stereocenters. The van der Waals surface area contributed by atoms with E-state index in [0.29, 0.717) is 23.7 Å². The fourth-order valence-electron chi connectivity index (χ4n) is 3.20. The number of nitro benzene ring substituents is 1. The van der Waals surface area contributed by atoms with Crippen LogP contribution in [0.5, 0.6) is 0 Å². The molecule has 1 aliphatic heterocycles. The number of nitrogens with zero attached hydrogens (tertiary/aromatic N) is 4. The third kappa shape index (κ3) is 3.05. The van der Waals surface area contributed by atoms with Crippen LogP contribution in [0.1, 0.15) is 24.9 Å². The molecule has 0 saturated carbocycles. The molecule has 1 saturated heterocycles. The molecule has 7 heteroatoms. The van der Waals surface area contributed by atoms with Crippen molar-refractivity contribution in [3.05, 3.63) is 52.6 Å². The molecule has 23 heavy (non-hydrogen) atoms. The van der Waals surface area contributed by atoms with Crippen LogP contribution >= 0.6 is 0 Å². The summed E-state index contributed by atoms with van der Waals surface area (Å²) in [7, 11) is 0. The second kappa shape index (κ2) is 6.37. The normalized spacial score (nSPS) is 21.4. The predicted molar refractivity (Wildman–Crippen MR) is 86.3 cm³/mol. The molecular formula is C16H20N4O3. The van der Waals surface area contributed by atoms with Gasteiger partial charge in [0.25, 0.3) is 5.69 Å². The molecule has 0 bridgehead atoms. The zero-order valence-corrected chi connectivity index (χ0v) is 13.0. The molecular weight excluding hydrogens is 296 g/mol. The fourth-order valence-corrected chi connectivity index (χ4v) is 3.20. The Hall–Kier alpha value is -2.41. The summed E-state index contributed by atoms with van der Waals surface area (Å²) in [5.41, 5.74) is 1.35. The number of nitro groups is 1. The summed E-state index contributed by atoms with van der Waals surface area (Å²) in [5, 5.41) is 20.7. The van der Waals surface area contributed by atoms with Crippen LogP contribution in [0.25, 0.3) is 0 Å². The van der Waals surface area contributed by atoms with Gasteiger partial charge in [-0.2, -0.15) is 0 Å². The van der Waals surface area contributed by atoms with E-state index in [4.69, 9.17) is 0 Å². The molecule has 1 N–H and O–H groups in total. The van der Waals surface area contributed by atoms with E-state index in [9.17, 15) is 15.2 Å². The maximum Gasteiger partial charge on any atom is 0.292 e. The minimum Gasteiger partial charge on any atom is -0.392 e. The number of aliphatic hydroxyl groups excluding tert-OH is 1. The Morgan fingerprint density at radius 2 is 2.30 bits per heavy atom. The van der Waals surface area contributed by atoms with Crippen LogP contribution in [0, 0.1) is 16.0 Å². The first-order chi connectivity index (χ1) is 11.1. The molecule has 1 aliphatic rings. The molecule has 0 aliphatic carbocycles. The van der Waals surface area contributed by atoms with Crippen molar-refractivity contribution in [1.82, 2.24) is 9.55 Å². The van der Waals surface area contributed by atoms with Crippen molar-refractivity contribution in [3.63, 3.8) is 0 Å². The van der Waals surface area contributed by atoms with Crippen molar-refractivity contribution >= 4 is 11.4 Å².